The molecule has 1 N–H and O–H groups in total. The molecule has 0 unspecified atom stereocenters. The predicted molar refractivity (Wildman–Crippen MR) is 61.6 cm³/mol. The van der Waals surface area contributed by atoms with Gasteiger partial charge in [-0.15, -0.1) is 0 Å². The molecule has 1 aromatic carbocycles. The van der Waals surface area contributed by atoms with Gasteiger partial charge in [-0.25, -0.2) is 0 Å². The van der Waals surface area contributed by atoms with Gasteiger partial charge in [-0.05, 0) is 28.7 Å². The number of halogens is 1. The Morgan fingerprint density at radius 3 is 2.69 bits per heavy atom. The minimum Gasteiger partial charge on any atom is -0.390 e. The fourth-order valence-electron chi connectivity index (χ4n) is 1.58. The SMILES string of the molecule is Cn1c(CO)c(I)c2ccccc21. The summed E-state index contributed by atoms with van der Waals surface area (Å²) in [7, 11) is 1.98. The second-order valence-corrected chi connectivity index (χ2v) is 4.07. The first-order valence-corrected chi connectivity index (χ1v) is 5.16. The molecular weight excluding hydrogens is 277 g/mol. The van der Waals surface area contributed by atoms with E-state index >= 15 is 0 Å². The lowest BCUT2D eigenvalue weighted by molar-refractivity contribution is 0.272. The number of aliphatic hydroxyl groups is 1. The Morgan fingerprint density at radius 2 is 2.08 bits per heavy atom. The van der Waals surface area contributed by atoms with Gasteiger partial charge in [-0.3, -0.25) is 0 Å². The second kappa shape index (κ2) is 3.31. The summed E-state index contributed by atoms with van der Waals surface area (Å²) >= 11 is 2.28. The Morgan fingerprint density at radius 1 is 1.38 bits per heavy atom. The van der Waals surface area contributed by atoms with Crippen LogP contribution in [0.4, 0.5) is 0 Å². The summed E-state index contributed by atoms with van der Waals surface area (Å²) in [5.74, 6) is 0. The van der Waals surface area contributed by atoms with E-state index in [-0.39, 0.29) is 6.61 Å². The molecular formula is C10H10INO. The number of para-hydroxylation sites is 1. The summed E-state index contributed by atoms with van der Waals surface area (Å²) in [6, 6.07) is 8.18. The lowest BCUT2D eigenvalue weighted by Gasteiger charge is -1.99. The monoisotopic (exact) mass is 287 g/mol. The second-order valence-electron chi connectivity index (χ2n) is 2.99. The summed E-state index contributed by atoms with van der Waals surface area (Å²) in [6.45, 7) is 0.101. The molecule has 0 bridgehead atoms. The number of aryl methyl sites for hydroxylation is 1. The maximum atomic E-state index is 9.17. The minimum absolute atomic E-state index is 0.101. The van der Waals surface area contributed by atoms with Crippen LogP contribution < -0.4 is 0 Å². The van der Waals surface area contributed by atoms with Crippen molar-refractivity contribution >= 4 is 33.5 Å². The number of nitrogens with zero attached hydrogens (tertiary/aromatic N) is 1. The quantitative estimate of drug-likeness (QED) is 0.800. The van der Waals surface area contributed by atoms with Gasteiger partial charge >= 0.3 is 0 Å². The van der Waals surface area contributed by atoms with E-state index in [9.17, 15) is 5.11 Å². The third-order valence-electron chi connectivity index (χ3n) is 2.31. The molecule has 2 aromatic rings. The molecule has 0 aliphatic rings. The van der Waals surface area contributed by atoms with E-state index in [1.807, 2.05) is 23.7 Å². The summed E-state index contributed by atoms with van der Waals surface area (Å²) < 4.78 is 3.19. The number of hydrogen-bond donors (Lipinski definition) is 1. The van der Waals surface area contributed by atoms with Crippen LogP contribution in [0.5, 0.6) is 0 Å². The van der Waals surface area contributed by atoms with E-state index in [1.165, 1.54) is 10.9 Å². The van der Waals surface area contributed by atoms with Crippen LogP contribution >= 0.6 is 22.6 Å². The fourth-order valence-corrected chi connectivity index (χ4v) is 2.56. The molecule has 0 saturated heterocycles. The molecule has 2 rings (SSSR count). The highest BCUT2D eigenvalue weighted by Gasteiger charge is 2.10. The van der Waals surface area contributed by atoms with Gasteiger partial charge in [0, 0.05) is 21.5 Å². The van der Waals surface area contributed by atoms with Crippen LogP contribution in [0.3, 0.4) is 0 Å². The van der Waals surface area contributed by atoms with E-state index in [4.69, 9.17) is 0 Å². The highest BCUT2D eigenvalue weighted by molar-refractivity contribution is 14.1. The molecule has 0 aliphatic carbocycles. The van der Waals surface area contributed by atoms with Crippen LogP contribution in [0.25, 0.3) is 10.9 Å². The predicted octanol–water partition coefficient (Wildman–Crippen LogP) is 2.28. The number of aromatic nitrogens is 1. The molecule has 0 saturated carbocycles. The zero-order chi connectivity index (χ0) is 9.42. The topological polar surface area (TPSA) is 25.2 Å². The lowest BCUT2D eigenvalue weighted by atomic mass is 10.2. The van der Waals surface area contributed by atoms with Crippen molar-refractivity contribution in [3.8, 4) is 0 Å². The van der Waals surface area contributed by atoms with Crippen LogP contribution in [0.2, 0.25) is 0 Å². The molecule has 3 heteroatoms. The molecule has 0 radical (unpaired) electrons. The van der Waals surface area contributed by atoms with Crippen molar-refractivity contribution in [2.24, 2.45) is 7.05 Å². The molecule has 0 amide bonds. The van der Waals surface area contributed by atoms with E-state index in [0.29, 0.717) is 0 Å². The molecule has 0 aliphatic heterocycles. The lowest BCUT2D eigenvalue weighted by Crippen LogP contribution is -1.96. The number of benzene rings is 1. The first kappa shape index (κ1) is 9.02. The summed E-state index contributed by atoms with van der Waals surface area (Å²) in [5, 5.41) is 10.4. The van der Waals surface area contributed by atoms with Crippen LogP contribution in [0, 0.1) is 3.57 Å². The van der Waals surface area contributed by atoms with Gasteiger partial charge in [0.05, 0.1) is 12.3 Å². The van der Waals surface area contributed by atoms with E-state index in [1.54, 1.807) is 0 Å². The Kier molecular flexibility index (Phi) is 2.29. The molecule has 0 spiro atoms. The van der Waals surface area contributed by atoms with Crippen molar-refractivity contribution in [2.45, 2.75) is 6.61 Å². The highest BCUT2D eigenvalue weighted by Crippen LogP contribution is 2.26. The summed E-state index contributed by atoms with van der Waals surface area (Å²) in [6.07, 6.45) is 0. The van der Waals surface area contributed by atoms with Crippen molar-refractivity contribution < 1.29 is 5.11 Å². The highest BCUT2D eigenvalue weighted by atomic mass is 127. The van der Waals surface area contributed by atoms with Gasteiger partial charge in [0.25, 0.3) is 0 Å². The Balaban J connectivity index is 2.88. The molecule has 1 heterocycles. The zero-order valence-electron chi connectivity index (χ0n) is 7.29. The number of hydrogen-bond acceptors (Lipinski definition) is 1. The summed E-state index contributed by atoms with van der Waals surface area (Å²) in [4.78, 5) is 0. The first-order valence-electron chi connectivity index (χ1n) is 4.08. The Hall–Kier alpha value is -0.550. The van der Waals surface area contributed by atoms with Crippen LogP contribution in [0.15, 0.2) is 24.3 Å². The van der Waals surface area contributed by atoms with Gasteiger partial charge < -0.3 is 9.67 Å². The molecule has 68 valence electrons. The van der Waals surface area contributed by atoms with Gasteiger partial charge in [-0.2, -0.15) is 0 Å². The average Bonchev–Trinajstić information content (AvgIpc) is 2.41. The Bertz CT molecular complexity index is 408. The van der Waals surface area contributed by atoms with E-state index in [2.05, 4.69) is 34.7 Å². The molecule has 0 fully saturated rings. The minimum atomic E-state index is 0.101. The van der Waals surface area contributed by atoms with E-state index in [0.717, 1.165) is 9.26 Å². The standard InChI is InChI=1S/C10H10INO/c1-12-8-5-3-2-4-7(8)10(11)9(12)6-13/h2-5,13H,6H2,1H3. The van der Waals surface area contributed by atoms with Gasteiger partial charge in [0.15, 0.2) is 0 Å². The molecule has 2 nitrogen and oxygen atoms in total. The first-order chi connectivity index (χ1) is 6.25. The normalized spacial score (nSPS) is 11.0. The van der Waals surface area contributed by atoms with Gasteiger partial charge in [-0.1, -0.05) is 18.2 Å². The average molecular weight is 287 g/mol. The largest absolute Gasteiger partial charge is 0.390 e. The van der Waals surface area contributed by atoms with Crippen molar-refractivity contribution in [3.63, 3.8) is 0 Å². The Labute approximate surface area is 90.3 Å². The van der Waals surface area contributed by atoms with Crippen LogP contribution in [-0.4, -0.2) is 9.67 Å². The van der Waals surface area contributed by atoms with Gasteiger partial charge in [0.1, 0.15) is 0 Å². The fraction of sp³-hybridized carbons (Fsp3) is 0.200. The third-order valence-corrected chi connectivity index (χ3v) is 3.51. The summed E-state index contributed by atoms with van der Waals surface area (Å²) in [5.41, 5.74) is 2.16. The number of fused-ring (bicyclic) bond motifs is 1. The van der Waals surface area contributed by atoms with Crippen molar-refractivity contribution in [1.29, 1.82) is 0 Å². The molecule has 1 aromatic heterocycles. The van der Waals surface area contributed by atoms with Crippen LogP contribution in [0.1, 0.15) is 5.69 Å². The van der Waals surface area contributed by atoms with E-state index < -0.39 is 0 Å². The maximum Gasteiger partial charge on any atom is 0.0843 e. The smallest absolute Gasteiger partial charge is 0.0843 e. The molecule has 13 heavy (non-hydrogen) atoms. The molecule has 0 atom stereocenters. The third kappa shape index (κ3) is 1.26. The van der Waals surface area contributed by atoms with Crippen LogP contribution in [-0.2, 0) is 13.7 Å². The number of aliphatic hydroxyl groups excluding tert-OH is 1. The zero-order valence-corrected chi connectivity index (χ0v) is 9.45. The van der Waals surface area contributed by atoms with Crippen molar-refractivity contribution in [1.82, 2.24) is 4.57 Å². The van der Waals surface area contributed by atoms with Gasteiger partial charge in [0.2, 0.25) is 0 Å². The van der Waals surface area contributed by atoms with Crippen molar-refractivity contribution in [3.05, 3.63) is 33.5 Å². The van der Waals surface area contributed by atoms with Crippen molar-refractivity contribution in [2.75, 3.05) is 0 Å². The maximum absolute atomic E-state index is 9.17. The number of rotatable bonds is 1.